The number of carboxylic acids is 1. The Hall–Kier alpha value is -4.95. The third-order valence-corrected chi connectivity index (χ3v) is 7.12. The van der Waals surface area contributed by atoms with Crippen LogP contribution < -0.4 is 15.0 Å². The van der Waals surface area contributed by atoms with Gasteiger partial charge in [0.25, 0.3) is 0 Å². The van der Waals surface area contributed by atoms with Crippen molar-refractivity contribution < 1.29 is 19.1 Å². The van der Waals surface area contributed by atoms with Gasteiger partial charge >= 0.3 is 5.97 Å². The number of ether oxygens (including phenoxy) is 1. The summed E-state index contributed by atoms with van der Waals surface area (Å²) in [6, 6.07) is 31.3. The highest BCUT2D eigenvalue weighted by molar-refractivity contribution is 7.80. The van der Waals surface area contributed by atoms with E-state index in [1.54, 1.807) is 30.5 Å². The van der Waals surface area contributed by atoms with Crippen LogP contribution in [0.5, 0.6) is 11.5 Å². The first-order valence-corrected chi connectivity index (χ1v) is 13.2. The van der Waals surface area contributed by atoms with Crippen molar-refractivity contribution in [1.29, 1.82) is 0 Å². The van der Waals surface area contributed by atoms with Crippen LogP contribution in [0.4, 0.5) is 5.69 Å². The molecule has 3 aromatic carbocycles. The zero-order valence-corrected chi connectivity index (χ0v) is 22.3. The van der Waals surface area contributed by atoms with Crippen LogP contribution in [-0.2, 0) is 0 Å². The van der Waals surface area contributed by atoms with Gasteiger partial charge in [-0.05, 0) is 91.9 Å². The van der Waals surface area contributed by atoms with E-state index < -0.39 is 5.97 Å². The number of furan rings is 1. The second-order valence-corrected chi connectivity index (χ2v) is 9.88. The zero-order valence-electron chi connectivity index (χ0n) is 21.5. The molecular formula is C32H25N3O4S. The Morgan fingerprint density at radius 1 is 0.925 bits per heavy atom. The Labute approximate surface area is 236 Å². The van der Waals surface area contributed by atoms with Gasteiger partial charge in [-0.15, -0.1) is 0 Å². The van der Waals surface area contributed by atoms with E-state index in [2.05, 4.69) is 10.3 Å². The lowest BCUT2D eigenvalue weighted by atomic mass is 10.0. The van der Waals surface area contributed by atoms with Crippen molar-refractivity contribution in [2.24, 2.45) is 0 Å². The monoisotopic (exact) mass is 547 g/mol. The van der Waals surface area contributed by atoms with Crippen LogP contribution >= 0.6 is 12.2 Å². The summed E-state index contributed by atoms with van der Waals surface area (Å²) in [7, 11) is 0. The molecule has 0 amide bonds. The summed E-state index contributed by atoms with van der Waals surface area (Å²) in [5, 5.41) is 13.2. The fraction of sp³-hybridized carbons (Fsp3) is 0.0938. The van der Waals surface area contributed by atoms with Crippen molar-refractivity contribution >= 4 is 29.0 Å². The van der Waals surface area contributed by atoms with Crippen molar-refractivity contribution in [1.82, 2.24) is 10.3 Å². The van der Waals surface area contributed by atoms with Crippen LogP contribution in [0.3, 0.4) is 0 Å². The summed E-state index contributed by atoms with van der Waals surface area (Å²) >= 11 is 5.82. The molecule has 0 aliphatic carbocycles. The zero-order chi connectivity index (χ0) is 27.6. The van der Waals surface area contributed by atoms with Crippen LogP contribution in [0.2, 0.25) is 0 Å². The molecule has 0 spiro atoms. The molecule has 0 radical (unpaired) electrons. The standard InChI is InChI=1S/C32H25N3O4S/c1-20-5-13-24(14-6-20)38-25-15-11-23(12-16-25)35-30(29(34-32(35)40)26-4-2-3-19-33-26)28-18-17-27(39-28)21-7-9-22(10-8-21)31(36)37/h2-19,29-30H,1H3,(H,34,40)(H,36,37)/t29-,30-/m0/s1. The number of carbonyl (C=O) groups is 1. The van der Waals surface area contributed by atoms with Gasteiger partial charge in [0.05, 0.1) is 17.3 Å². The van der Waals surface area contributed by atoms with E-state index in [0.29, 0.717) is 22.4 Å². The number of hydrogen-bond acceptors (Lipinski definition) is 5. The number of carboxylic acid groups (broad SMARTS) is 1. The maximum Gasteiger partial charge on any atom is 0.335 e. The van der Waals surface area contributed by atoms with Crippen molar-refractivity contribution in [3.63, 3.8) is 0 Å². The Morgan fingerprint density at radius 2 is 1.62 bits per heavy atom. The Balaban J connectivity index is 1.33. The lowest BCUT2D eigenvalue weighted by Crippen LogP contribution is -2.29. The molecule has 2 atom stereocenters. The molecule has 0 saturated carbocycles. The van der Waals surface area contributed by atoms with Gasteiger partial charge in [-0.1, -0.05) is 35.9 Å². The molecule has 8 heteroatoms. The topological polar surface area (TPSA) is 87.8 Å². The third kappa shape index (κ3) is 5.04. The Kier molecular flexibility index (Phi) is 6.76. The number of pyridine rings is 1. The van der Waals surface area contributed by atoms with Crippen LogP contribution in [-0.4, -0.2) is 21.2 Å². The van der Waals surface area contributed by atoms with Gasteiger partial charge in [0.1, 0.15) is 29.1 Å². The molecule has 40 heavy (non-hydrogen) atoms. The minimum Gasteiger partial charge on any atom is -0.478 e. The number of aromatic nitrogens is 1. The lowest BCUT2D eigenvalue weighted by molar-refractivity contribution is 0.0697. The third-order valence-electron chi connectivity index (χ3n) is 6.80. The van der Waals surface area contributed by atoms with Gasteiger partial charge in [-0.3, -0.25) is 4.98 Å². The number of hydrogen-bond donors (Lipinski definition) is 2. The fourth-order valence-electron chi connectivity index (χ4n) is 4.78. The van der Waals surface area contributed by atoms with Crippen molar-refractivity contribution in [3.05, 3.63) is 132 Å². The second-order valence-electron chi connectivity index (χ2n) is 9.49. The maximum atomic E-state index is 11.3. The van der Waals surface area contributed by atoms with E-state index in [9.17, 15) is 9.90 Å². The number of nitrogens with zero attached hydrogens (tertiary/aromatic N) is 2. The summed E-state index contributed by atoms with van der Waals surface area (Å²) in [6.45, 7) is 2.04. The van der Waals surface area contributed by atoms with Gasteiger partial charge in [0.2, 0.25) is 0 Å². The largest absolute Gasteiger partial charge is 0.478 e. The molecule has 7 nitrogen and oxygen atoms in total. The molecule has 1 aliphatic rings. The summed E-state index contributed by atoms with van der Waals surface area (Å²) in [6.07, 6.45) is 1.76. The van der Waals surface area contributed by atoms with Crippen LogP contribution in [0.1, 0.15) is 39.5 Å². The first-order valence-electron chi connectivity index (χ1n) is 12.7. The number of aryl methyl sites for hydroxylation is 1. The van der Waals surface area contributed by atoms with E-state index in [-0.39, 0.29) is 17.6 Å². The molecule has 1 aliphatic heterocycles. The molecular weight excluding hydrogens is 522 g/mol. The van der Waals surface area contributed by atoms with Crippen molar-refractivity contribution in [3.8, 4) is 22.8 Å². The molecule has 3 heterocycles. The lowest BCUT2D eigenvalue weighted by Gasteiger charge is -2.26. The first kappa shape index (κ1) is 25.3. The highest BCUT2D eigenvalue weighted by Gasteiger charge is 2.42. The summed E-state index contributed by atoms with van der Waals surface area (Å²) in [5.41, 5.74) is 3.88. The number of anilines is 1. The number of thiocarbonyl (C=S) groups is 1. The van der Waals surface area contributed by atoms with Gasteiger partial charge in [0.15, 0.2) is 5.11 Å². The molecule has 6 rings (SSSR count). The van der Waals surface area contributed by atoms with Gasteiger partial charge in [-0.2, -0.15) is 0 Å². The number of benzene rings is 3. The van der Waals surface area contributed by atoms with E-state index >= 15 is 0 Å². The molecule has 1 saturated heterocycles. The SMILES string of the molecule is Cc1ccc(Oc2ccc(N3C(=S)N[C@@H](c4ccccn4)[C@@H]3c3ccc(-c4ccc(C(=O)O)cc4)o3)cc2)cc1. The summed E-state index contributed by atoms with van der Waals surface area (Å²) < 4.78 is 12.4. The maximum absolute atomic E-state index is 11.3. The number of rotatable bonds is 7. The summed E-state index contributed by atoms with van der Waals surface area (Å²) in [5.74, 6) is 1.84. The van der Waals surface area contributed by atoms with Crippen LogP contribution in [0, 0.1) is 6.92 Å². The van der Waals surface area contributed by atoms with Crippen LogP contribution in [0.15, 0.2) is 114 Å². The molecule has 1 fully saturated rings. The molecule has 2 N–H and O–H groups in total. The minimum atomic E-state index is -0.971. The van der Waals surface area contributed by atoms with Crippen molar-refractivity contribution in [2.75, 3.05) is 4.90 Å². The van der Waals surface area contributed by atoms with E-state index in [0.717, 1.165) is 22.7 Å². The average Bonchev–Trinajstić information content (AvgIpc) is 3.60. The minimum absolute atomic E-state index is 0.220. The predicted molar refractivity (Wildman–Crippen MR) is 157 cm³/mol. The van der Waals surface area contributed by atoms with Gasteiger partial charge < -0.3 is 24.5 Å². The van der Waals surface area contributed by atoms with Crippen molar-refractivity contribution in [2.45, 2.75) is 19.0 Å². The predicted octanol–water partition coefficient (Wildman–Crippen LogP) is 7.32. The highest BCUT2D eigenvalue weighted by Crippen LogP contribution is 2.43. The summed E-state index contributed by atoms with van der Waals surface area (Å²) in [4.78, 5) is 17.9. The quantitative estimate of drug-likeness (QED) is 0.205. The second kappa shape index (κ2) is 10.7. The van der Waals surface area contributed by atoms with Gasteiger partial charge in [-0.25, -0.2) is 4.79 Å². The normalized spacial score (nSPS) is 16.5. The average molecular weight is 548 g/mol. The number of nitrogens with one attached hydrogen (secondary N) is 1. The smallest absolute Gasteiger partial charge is 0.335 e. The highest BCUT2D eigenvalue weighted by atomic mass is 32.1. The van der Waals surface area contributed by atoms with Crippen LogP contribution in [0.25, 0.3) is 11.3 Å². The van der Waals surface area contributed by atoms with E-state index in [1.165, 1.54) is 5.56 Å². The molecule has 2 aromatic heterocycles. The van der Waals surface area contributed by atoms with E-state index in [1.807, 2.05) is 90.7 Å². The first-order chi connectivity index (χ1) is 19.5. The number of aromatic carboxylic acids is 1. The molecule has 0 unspecified atom stereocenters. The molecule has 198 valence electrons. The van der Waals surface area contributed by atoms with E-state index in [4.69, 9.17) is 21.4 Å². The molecule has 0 bridgehead atoms. The Morgan fingerprint density at radius 3 is 2.27 bits per heavy atom. The van der Waals surface area contributed by atoms with Gasteiger partial charge in [0, 0.05) is 17.4 Å². The fourth-order valence-corrected chi connectivity index (χ4v) is 5.13. The molecule has 5 aromatic rings. The Bertz CT molecular complexity index is 1650.